The zero-order chi connectivity index (χ0) is 30.6. The number of aliphatic hydroxyl groups is 7. The van der Waals surface area contributed by atoms with Gasteiger partial charge >= 0.3 is 0 Å². The number of sulfonamides is 1. The molecule has 232 valence electrons. The largest absolute Gasteiger partial charge is 0.394 e. The molecule has 42 heavy (non-hydrogen) atoms. The van der Waals surface area contributed by atoms with E-state index >= 15 is 0 Å². The summed E-state index contributed by atoms with van der Waals surface area (Å²) in [7, 11) is -4.08. The molecule has 2 aliphatic rings. The highest BCUT2D eigenvalue weighted by Gasteiger charge is 2.47. The van der Waals surface area contributed by atoms with Crippen LogP contribution >= 0.6 is 0 Å². The van der Waals surface area contributed by atoms with Gasteiger partial charge in [-0.25, -0.2) is 13.1 Å². The van der Waals surface area contributed by atoms with Crippen LogP contribution in [0.25, 0.3) is 21.2 Å². The van der Waals surface area contributed by atoms with Crippen LogP contribution in [0.1, 0.15) is 0 Å². The van der Waals surface area contributed by atoms with Gasteiger partial charge in [-0.05, 0) is 17.0 Å². The van der Waals surface area contributed by atoms with Gasteiger partial charge in [0.05, 0.1) is 24.7 Å². The maximum absolute atomic E-state index is 13.0. The number of hydrogen-bond donors (Lipinski definition) is 8. The Morgan fingerprint density at radius 3 is 2.10 bits per heavy atom. The molecule has 4 rings (SSSR count). The van der Waals surface area contributed by atoms with Crippen LogP contribution in [0.2, 0.25) is 0 Å². The third-order valence-corrected chi connectivity index (χ3v) is 8.44. The van der Waals surface area contributed by atoms with E-state index in [9.17, 15) is 44.2 Å². The predicted molar refractivity (Wildman–Crippen MR) is 140 cm³/mol. The second-order valence-electron chi connectivity index (χ2n) is 9.63. The fraction of sp³-hybridized carbons (Fsp3) is 0.583. The number of hydrogen-bond acceptors (Lipinski definition) is 14. The van der Waals surface area contributed by atoms with Gasteiger partial charge in [-0.2, -0.15) is 0 Å². The molecule has 10 atom stereocenters. The normalized spacial score (nSPS) is 33.8. The van der Waals surface area contributed by atoms with E-state index in [1.165, 1.54) is 12.1 Å². The van der Waals surface area contributed by atoms with Gasteiger partial charge in [0.25, 0.3) is 0 Å². The van der Waals surface area contributed by atoms with E-state index in [1.54, 1.807) is 24.3 Å². The van der Waals surface area contributed by atoms with E-state index < -0.39 is 84.6 Å². The summed E-state index contributed by atoms with van der Waals surface area (Å²) in [4.78, 5) is 2.67. The number of nitrogens with zero attached hydrogens (tertiary/aromatic N) is 3. The van der Waals surface area contributed by atoms with Crippen molar-refractivity contribution in [3.63, 3.8) is 0 Å². The minimum Gasteiger partial charge on any atom is -0.394 e. The van der Waals surface area contributed by atoms with Gasteiger partial charge in [0, 0.05) is 22.5 Å². The van der Waals surface area contributed by atoms with Crippen molar-refractivity contribution in [2.45, 2.75) is 66.3 Å². The van der Waals surface area contributed by atoms with Crippen LogP contribution in [-0.4, -0.2) is 132 Å². The minimum atomic E-state index is -4.08. The zero-order valence-electron chi connectivity index (χ0n) is 21.9. The number of aliphatic hydroxyl groups excluding tert-OH is 7. The Bertz CT molecular complexity index is 1380. The predicted octanol–water partition coefficient (Wildman–Crippen LogP) is -2.30. The highest BCUT2D eigenvalue weighted by molar-refractivity contribution is 7.89. The molecule has 2 aromatic carbocycles. The van der Waals surface area contributed by atoms with Crippen LogP contribution in [0.3, 0.4) is 0 Å². The molecule has 2 heterocycles. The summed E-state index contributed by atoms with van der Waals surface area (Å²) >= 11 is 0. The Labute approximate surface area is 239 Å². The first-order valence-corrected chi connectivity index (χ1v) is 14.3. The summed E-state index contributed by atoms with van der Waals surface area (Å²) in [5.41, 5.74) is 9.02. The number of rotatable bonds is 11. The number of nitrogens with one attached hydrogen (secondary N) is 1. The summed E-state index contributed by atoms with van der Waals surface area (Å²) in [5, 5.41) is 74.5. The first-order chi connectivity index (χ1) is 20.0. The van der Waals surface area contributed by atoms with Gasteiger partial charge in [-0.1, -0.05) is 35.4 Å². The second-order valence-corrected chi connectivity index (χ2v) is 11.4. The lowest BCUT2D eigenvalue weighted by molar-refractivity contribution is -0.330. The molecule has 0 unspecified atom stereocenters. The minimum absolute atomic E-state index is 0.0760. The van der Waals surface area contributed by atoms with Crippen LogP contribution in [-0.2, 0) is 29.0 Å². The van der Waals surface area contributed by atoms with Crippen molar-refractivity contribution in [2.75, 3.05) is 26.4 Å². The fourth-order valence-corrected chi connectivity index (χ4v) is 5.88. The van der Waals surface area contributed by atoms with Gasteiger partial charge in [-0.3, -0.25) is 0 Å². The third-order valence-electron chi connectivity index (χ3n) is 6.92. The Hall–Kier alpha value is -2.52. The third kappa shape index (κ3) is 6.83. The summed E-state index contributed by atoms with van der Waals surface area (Å²) in [5.74, 6) is 0. The van der Waals surface area contributed by atoms with Crippen molar-refractivity contribution in [2.24, 2.45) is 5.11 Å². The highest BCUT2D eigenvalue weighted by Crippen LogP contribution is 2.31. The number of ether oxygens (including phenoxy) is 4. The average Bonchev–Trinajstić information content (AvgIpc) is 2.98. The van der Waals surface area contributed by atoms with Crippen LogP contribution in [0.4, 0.5) is 5.69 Å². The van der Waals surface area contributed by atoms with Crippen LogP contribution in [0.5, 0.6) is 0 Å². The molecule has 0 radical (unpaired) electrons. The summed E-state index contributed by atoms with van der Waals surface area (Å²) in [6.07, 6.45) is -15.8. The SMILES string of the molecule is [N-]=[N+]=Nc1cccc2c(S(=O)(=O)NCCO[C@H]3O[C@H](CO[C@H]4O[C@H](CO)[C@@H](O)[C@H](O)[C@@H]4O)[C@@H](O)[C@H](O)[C@@H]3O)cccc12. The molecular formula is C24H32N4O13S. The quantitative estimate of drug-likeness (QED) is 0.0572. The average molecular weight is 617 g/mol. The van der Waals surface area contributed by atoms with Crippen molar-refractivity contribution < 1.29 is 63.1 Å². The van der Waals surface area contributed by atoms with Crippen molar-refractivity contribution in [3.05, 3.63) is 46.8 Å². The van der Waals surface area contributed by atoms with Crippen molar-refractivity contribution in [3.8, 4) is 0 Å². The smallest absolute Gasteiger partial charge is 0.241 e. The Morgan fingerprint density at radius 1 is 0.833 bits per heavy atom. The van der Waals surface area contributed by atoms with E-state index in [2.05, 4.69) is 14.7 Å². The van der Waals surface area contributed by atoms with Gasteiger partial charge in [-0.15, -0.1) is 0 Å². The molecule has 0 spiro atoms. The van der Waals surface area contributed by atoms with Crippen LogP contribution in [0.15, 0.2) is 46.4 Å². The molecule has 0 aliphatic carbocycles. The molecule has 2 aromatic rings. The zero-order valence-corrected chi connectivity index (χ0v) is 22.7. The van der Waals surface area contributed by atoms with Gasteiger partial charge in [0.1, 0.15) is 48.8 Å². The van der Waals surface area contributed by atoms with Gasteiger partial charge < -0.3 is 54.7 Å². The summed E-state index contributed by atoms with van der Waals surface area (Å²) < 4.78 is 49.9. The molecular weight excluding hydrogens is 584 g/mol. The molecule has 18 heteroatoms. The van der Waals surface area contributed by atoms with Gasteiger partial charge in [0.15, 0.2) is 12.6 Å². The molecule has 0 amide bonds. The topological polar surface area (TPSA) is 273 Å². The lowest BCUT2D eigenvalue weighted by Crippen LogP contribution is -2.61. The van der Waals surface area contributed by atoms with E-state index in [-0.39, 0.29) is 23.7 Å². The standard InChI is InChI=1S/C24H32N4O13S/c25-28-27-13-5-1-4-12-11(13)3-2-6-16(12)42(36,37)26-7-8-38-23-21(34)20(33)18(31)15(41-23)10-39-24-22(35)19(32)17(30)14(9-29)40-24/h1-6,14-15,17-24,26,29-35H,7-10H2/t14-,15-,17-,18-,19+,20+,21+,22+,23+,24+/m1/s1. The molecule has 2 aliphatic heterocycles. The Kier molecular flexibility index (Phi) is 10.7. The molecule has 0 saturated carbocycles. The Balaban J connectivity index is 1.35. The molecule has 0 bridgehead atoms. The van der Waals surface area contributed by atoms with Crippen molar-refractivity contribution in [1.29, 1.82) is 0 Å². The van der Waals surface area contributed by atoms with Crippen LogP contribution < -0.4 is 4.72 Å². The molecule has 8 N–H and O–H groups in total. The molecule has 2 fully saturated rings. The summed E-state index contributed by atoms with van der Waals surface area (Å²) in [6.45, 7) is -1.85. The van der Waals surface area contributed by atoms with E-state index in [1.807, 2.05) is 0 Å². The maximum Gasteiger partial charge on any atom is 0.241 e. The summed E-state index contributed by atoms with van der Waals surface area (Å²) in [6, 6.07) is 9.13. The first kappa shape index (κ1) is 32.4. The highest BCUT2D eigenvalue weighted by atomic mass is 32.2. The van der Waals surface area contributed by atoms with Crippen molar-refractivity contribution >= 4 is 26.5 Å². The lowest BCUT2D eigenvalue weighted by atomic mass is 9.98. The monoisotopic (exact) mass is 616 g/mol. The molecule has 2 saturated heterocycles. The van der Waals surface area contributed by atoms with Crippen LogP contribution in [0, 0.1) is 0 Å². The van der Waals surface area contributed by atoms with E-state index in [4.69, 9.17) is 24.5 Å². The van der Waals surface area contributed by atoms with Gasteiger partial charge in [0.2, 0.25) is 10.0 Å². The lowest BCUT2D eigenvalue weighted by Gasteiger charge is -2.42. The molecule has 0 aromatic heterocycles. The maximum atomic E-state index is 13.0. The number of azide groups is 1. The second kappa shape index (κ2) is 13.8. The fourth-order valence-electron chi connectivity index (χ4n) is 4.65. The number of fused-ring (bicyclic) bond motifs is 1. The van der Waals surface area contributed by atoms with E-state index in [0.29, 0.717) is 10.8 Å². The van der Waals surface area contributed by atoms with Crippen molar-refractivity contribution in [1.82, 2.24) is 4.72 Å². The number of benzene rings is 2. The Morgan fingerprint density at radius 2 is 1.43 bits per heavy atom. The van der Waals surface area contributed by atoms with E-state index in [0.717, 1.165) is 0 Å². The first-order valence-electron chi connectivity index (χ1n) is 12.8. The molecule has 17 nitrogen and oxygen atoms in total.